The summed E-state index contributed by atoms with van der Waals surface area (Å²) in [5, 5.41) is 0. The first kappa shape index (κ1) is 32.7. The van der Waals surface area contributed by atoms with Gasteiger partial charge in [-0.3, -0.25) is 9.36 Å². The number of hydrogen-bond donors (Lipinski definition) is 0. The number of benzene rings is 3. The zero-order valence-corrected chi connectivity index (χ0v) is 28.0. The van der Waals surface area contributed by atoms with Gasteiger partial charge in [0.2, 0.25) is 0 Å². The number of rotatable bonds is 11. The predicted octanol–water partition coefficient (Wildman–Crippen LogP) is 4.66. The van der Waals surface area contributed by atoms with Crippen LogP contribution in [0.25, 0.3) is 11.8 Å². The Morgan fingerprint density at radius 2 is 1.65 bits per heavy atom. The smallest absolute Gasteiger partial charge is 0.344 e. The maximum Gasteiger partial charge on any atom is 0.344 e. The number of ether oxygens (including phenoxy) is 5. The van der Waals surface area contributed by atoms with Gasteiger partial charge in [-0.25, -0.2) is 14.6 Å². The molecule has 0 bridgehead atoms. The molecule has 5 rings (SSSR count). The Kier molecular flexibility index (Phi) is 10.4. The quantitative estimate of drug-likeness (QED) is 0.207. The highest BCUT2D eigenvalue weighted by molar-refractivity contribution is 9.10. The van der Waals surface area contributed by atoms with Crippen LogP contribution in [0.3, 0.4) is 0 Å². The van der Waals surface area contributed by atoms with E-state index >= 15 is 0 Å². The summed E-state index contributed by atoms with van der Waals surface area (Å²) >= 11 is 4.69. The molecule has 2 heterocycles. The van der Waals surface area contributed by atoms with Gasteiger partial charge in [-0.1, -0.05) is 53.8 Å². The number of nitrogens with zero attached hydrogens (tertiary/aromatic N) is 2. The minimum absolute atomic E-state index is 0.141. The normalized spacial score (nSPS) is 14.3. The zero-order valence-electron chi connectivity index (χ0n) is 25.6. The van der Waals surface area contributed by atoms with Crippen LogP contribution < -0.4 is 29.1 Å². The van der Waals surface area contributed by atoms with Gasteiger partial charge < -0.3 is 23.7 Å². The Hall–Kier alpha value is -4.68. The molecule has 1 aliphatic rings. The molecule has 0 aliphatic carbocycles. The maximum absolute atomic E-state index is 14.2. The SMILES string of the molecule is CCOC(=O)COc1ccc(/C=c2\sc3n(c2=O)[C@H](c2ccc(OC)c(OC)c2)C(C(=O)OCC)=C(c2ccccc2)N=3)cc1Br. The summed E-state index contributed by atoms with van der Waals surface area (Å²) in [6.07, 6.45) is 1.74. The van der Waals surface area contributed by atoms with Crippen LogP contribution in [0.4, 0.5) is 0 Å². The summed E-state index contributed by atoms with van der Waals surface area (Å²) in [5.74, 6) is 0.344. The van der Waals surface area contributed by atoms with Crippen molar-refractivity contribution in [3.63, 3.8) is 0 Å². The summed E-state index contributed by atoms with van der Waals surface area (Å²) in [5.41, 5.74) is 2.33. The molecule has 0 radical (unpaired) electrons. The number of esters is 2. The van der Waals surface area contributed by atoms with Gasteiger partial charge in [0.05, 0.1) is 53.8 Å². The molecule has 46 heavy (non-hydrogen) atoms. The van der Waals surface area contributed by atoms with Crippen LogP contribution in [-0.4, -0.2) is 50.5 Å². The molecule has 3 aromatic carbocycles. The second-order valence-corrected chi connectivity index (χ2v) is 11.7. The topological polar surface area (TPSA) is 115 Å². The van der Waals surface area contributed by atoms with Crippen LogP contribution in [0.1, 0.15) is 36.6 Å². The van der Waals surface area contributed by atoms with Crippen LogP contribution in [0.5, 0.6) is 17.2 Å². The van der Waals surface area contributed by atoms with E-state index in [0.717, 1.165) is 0 Å². The molecule has 0 spiro atoms. The largest absolute Gasteiger partial charge is 0.493 e. The lowest BCUT2D eigenvalue weighted by Crippen LogP contribution is -2.40. The van der Waals surface area contributed by atoms with E-state index in [9.17, 15) is 14.4 Å². The third-order valence-electron chi connectivity index (χ3n) is 7.00. The highest BCUT2D eigenvalue weighted by atomic mass is 79.9. The molecule has 1 aliphatic heterocycles. The van der Waals surface area contributed by atoms with Gasteiger partial charge in [-0.15, -0.1) is 0 Å². The summed E-state index contributed by atoms with van der Waals surface area (Å²) in [6, 6.07) is 19.0. The molecule has 0 fully saturated rings. The van der Waals surface area contributed by atoms with Crippen molar-refractivity contribution >= 4 is 51.0 Å². The number of carbonyl (C=O) groups excluding carboxylic acids is 2. The van der Waals surface area contributed by atoms with Gasteiger partial charge in [0.15, 0.2) is 22.9 Å². The summed E-state index contributed by atoms with van der Waals surface area (Å²) in [6.45, 7) is 3.63. The van der Waals surface area contributed by atoms with Crippen molar-refractivity contribution in [1.82, 2.24) is 4.57 Å². The van der Waals surface area contributed by atoms with Crippen molar-refractivity contribution in [3.05, 3.63) is 113 Å². The van der Waals surface area contributed by atoms with Gasteiger partial charge in [0.1, 0.15) is 5.75 Å². The Labute approximate surface area is 277 Å². The van der Waals surface area contributed by atoms with Gasteiger partial charge in [0.25, 0.3) is 5.56 Å². The Morgan fingerprint density at radius 1 is 0.935 bits per heavy atom. The minimum atomic E-state index is -0.877. The van der Waals surface area contributed by atoms with E-state index in [1.54, 1.807) is 56.3 Å². The second-order valence-electron chi connectivity index (χ2n) is 9.83. The van der Waals surface area contributed by atoms with E-state index in [-0.39, 0.29) is 31.0 Å². The van der Waals surface area contributed by atoms with E-state index < -0.39 is 18.0 Å². The van der Waals surface area contributed by atoms with Gasteiger partial charge in [-0.05, 0) is 71.2 Å². The third kappa shape index (κ3) is 6.77. The van der Waals surface area contributed by atoms with E-state index in [0.29, 0.717) is 53.4 Å². The van der Waals surface area contributed by atoms with Crippen molar-refractivity contribution in [2.75, 3.05) is 34.0 Å². The van der Waals surface area contributed by atoms with Crippen molar-refractivity contribution in [2.45, 2.75) is 19.9 Å². The van der Waals surface area contributed by atoms with Gasteiger partial charge in [0, 0.05) is 5.56 Å². The van der Waals surface area contributed by atoms with Crippen molar-refractivity contribution in [2.24, 2.45) is 4.99 Å². The zero-order chi connectivity index (χ0) is 32.8. The first-order valence-corrected chi connectivity index (χ1v) is 16.0. The molecule has 0 N–H and O–H groups in total. The average Bonchev–Trinajstić information content (AvgIpc) is 3.37. The second kappa shape index (κ2) is 14.6. The number of hydrogen-bond acceptors (Lipinski definition) is 10. The number of halogens is 1. The fraction of sp³-hybridized carbons (Fsp3) is 0.235. The summed E-state index contributed by atoms with van der Waals surface area (Å²) in [4.78, 5) is 44.9. The summed E-state index contributed by atoms with van der Waals surface area (Å²) < 4.78 is 29.6. The number of methoxy groups -OCH3 is 2. The standard InChI is InChI=1S/C34H31BrN2O8S/c1-5-43-28(38)19-45-24-14-12-20(16-23(24)35)17-27-32(39)37-31(22-13-15-25(41-3)26(18-22)42-4)29(33(40)44-6-2)30(36-34(37)46-27)21-10-8-7-9-11-21/h7-18,31H,5-6,19H2,1-4H3/b27-17-/t31-/m1/s1. The van der Waals surface area contributed by atoms with Gasteiger partial charge >= 0.3 is 11.9 Å². The van der Waals surface area contributed by atoms with E-state index in [2.05, 4.69) is 15.9 Å². The Morgan fingerprint density at radius 3 is 2.33 bits per heavy atom. The minimum Gasteiger partial charge on any atom is -0.493 e. The third-order valence-corrected chi connectivity index (χ3v) is 8.60. The Balaban J connectivity index is 1.69. The molecule has 10 nitrogen and oxygen atoms in total. The van der Waals surface area contributed by atoms with E-state index in [1.807, 2.05) is 30.3 Å². The molecule has 1 aromatic heterocycles. The van der Waals surface area contributed by atoms with E-state index in [4.69, 9.17) is 28.7 Å². The van der Waals surface area contributed by atoms with Crippen molar-refractivity contribution in [3.8, 4) is 17.2 Å². The number of carbonyl (C=O) groups is 2. The van der Waals surface area contributed by atoms with Gasteiger partial charge in [-0.2, -0.15) is 0 Å². The molecular weight excluding hydrogens is 676 g/mol. The molecule has 0 unspecified atom stereocenters. The number of aromatic nitrogens is 1. The van der Waals surface area contributed by atoms with Crippen LogP contribution in [0.15, 0.2) is 86.6 Å². The molecule has 238 valence electrons. The number of thiazole rings is 1. The highest BCUT2D eigenvalue weighted by Gasteiger charge is 2.35. The molecule has 12 heteroatoms. The van der Waals surface area contributed by atoms with E-state index in [1.165, 1.54) is 30.1 Å². The van der Waals surface area contributed by atoms with Crippen molar-refractivity contribution < 1.29 is 33.3 Å². The first-order valence-electron chi connectivity index (χ1n) is 14.4. The fourth-order valence-electron chi connectivity index (χ4n) is 4.99. The van der Waals surface area contributed by atoms with Crippen LogP contribution >= 0.6 is 27.3 Å². The fourth-order valence-corrected chi connectivity index (χ4v) is 6.51. The monoisotopic (exact) mass is 706 g/mol. The number of fused-ring (bicyclic) bond motifs is 1. The first-order chi connectivity index (χ1) is 22.3. The molecule has 0 saturated carbocycles. The predicted molar refractivity (Wildman–Crippen MR) is 177 cm³/mol. The lowest BCUT2D eigenvalue weighted by molar-refractivity contribution is -0.145. The maximum atomic E-state index is 14.2. The molecule has 4 aromatic rings. The van der Waals surface area contributed by atoms with Crippen LogP contribution in [0, 0.1) is 0 Å². The van der Waals surface area contributed by atoms with Crippen molar-refractivity contribution in [1.29, 1.82) is 0 Å². The lowest BCUT2D eigenvalue weighted by Gasteiger charge is -2.26. The van der Waals surface area contributed by atoms with Crippen LogP contribution in [-0.2, 0) is 19.1 Å². The molecular formula is C34H31BrN2O8S. The lowest BCUT2D eigenvalue weighted by atomic mass is 9.93. The molecule has 1 atom stereocenters. The van der Waals surface area contributed by atoms with Crippen LogP contribution in [0.2, 0.25) is 0 Å². The Bertz CT molecular complexity index is 1980. The average molecular weight is 708 g/mol. The highest BCUT2D eigenvalue weighted by Crippen LogP contribution is 2.38. The summed E-state index contributed by atoms with van der Waals surface area (Å²) in [7, 11) is 3.06. The molecule has 0 amide bonds. The molecule has 0 saturated heterocycles.